The lowest BCUT2D eigenvalue weighted by molar-refractivity contribution is 0.0690. The van der Waals surface area contributed by atoms with Gasteiger partial charge in [0.2, 0.25) is 0 Å². The number of aromatic carboxylic acids is 1. The minimum atomic E-state index is -1.03. The second-order valence-electron chi connectivity index (χ2n) is 5.57. The van der Waals surface area contributed by atoms with Crippen molar-refractivity contribution >= 4 is 23.6 Å². The van der Waals surface area contributed by atoms with Crippen LogP contribution in [0.1, 0.15) is 57.8 Å². The number of hydrogen-bond acceptors (Lipinski definition) is 3. The van der Waals surface area contributed by atoms with E-state index in [1.807, 2.05) is 0 Å². The Hall–Kier alpha value is -1.43. The van der Waals surface area contributed by atoms with E-state index in [1.165, 1.54) is 6.42 Å². The lowest BCUT2D eigenvalue weighted by atomic mass is 9.94. The first-order valence-corrected chi connectivity index (χ1v) is 8.50. The largest absolute Gasteiger partial charge is 0.477 e. The standard InChI is InChI=1S/C15H22N2O3S/c1-8-12(9(2)16-13(8)15(19)20)14(18)17-10-6-4-5-7-11(10)21-3/h10-11,16H,4-7H2,1-3H3,(H,17,18)(H,19,20). The van der Waals surface area contributed by atoms with Gasteiger partial charge in [-0.05, 0) is 38.5 Å². The molecule has 2 unspecified atom stereocenters. The van der Waals surface area contributed by atoms with Crippen molar-refractivity contribution in [2.75, 3.05) is 6.26 Å². The summed E-state index contributed by atoms with van der Waals surface area (Å²) in [5.41, 5.74) is 1.69. The number of carbonyl (C=O) groups is 2. The maximum atomic E-state index is 12.5. The Labute approximate surface area is 128 Å². The van der Waals surface area contributed by atoms with Crippen LogP contribution in [0, 0.1) is 13.8 Å². The Morgan fingerprint density at radius 2 is 1.95 bits per heavy atom. The van der Waals surface area contributed by atoms with Crippen LogP contribution in [0.3, 0.4) is 0 Å². The Balaban J connectivity index is 2.18. The van der Waals surface area contributed by atoms with Crippen molar-refractivity contribution in [2.45, 2.75) is 50.8 Å². The van der Waals surface area contributed by atoms with Gasteiger partial charge in [-0.1, -0.05) is 12.8 Å². The molecular formula is C15H22N2O3S. The van der Waals surface area contributed by atoms with Crippen LogP contribution < -0.4 is 5.32 Å². The summed E-state index contributed by atoms with van der Waals surface area (Å²) in [5, 5.41) is 12.7. The molecule has 0 bridgehead atoms. The number of aromatic amines is 1. The number of aryl methyl sites for hydroxylation is 1. The molecule has 6 heteroatoms. The fourth-order valence-corrected chi connectivity index (χ4v) is 4.02. The van der Waals surface area contributed by atoms with E-state index in [1.54, 1.807) is 25.6 Å². The normalized spacial score (nSPS) is 22.0. The zero-order valence-electron chi connectivity index (χ0n) is 12.7. The third-order valence-electron chi connectivity index (χ3n) is 4.20. The molecule has 1 aliphatic carbocycles. The molecule has 0 saturated heterocycles. The van der Waals surface area contributed by atoms with E-state index in [0.717, 1.165) is 19.3 Å². The van der Waals surface area contributed by atoms with Crippen LogP contribution in [0.15, 0.2) is 0 Å². The summed E-state index contributed by atoms with van der Waals surface area (Å²) in [5.74, 6) is -1.20. The van der Waals surface area contributed by atoms with Crippen LogP contribution in [0.2, 0.25) is 0 Å². The zero-order valence-corrected chi connectivity index (χ0v) is 13.5. The minimum absolute atomic E-state index is 0.0997. The number of hydrogen-bond donors (Lipinski definition) is 3. The molecule has 1 aromatic rings. The molecule has 0 spiro atoms. The third kappa shape index (κ3) is 3.26. The highest BCUT2D eigenvalue weighted by atomic mass is 32.2. The van der Waals surface area contributed by atoms with Crippen LogP contribution in [-0.2, 0) is 0 Å². The third-order valence-corrected chi connectivity index (χ3v) is 5.37. The number of rotatable bonds is 4. The summed E-state index contributed by atoms with van der Waals surface area (Å²) in [6.07, 6.45) is 6.53. The summed E-state index contributed by atoms with van der Waals surface area (Å²) in [6, 6.07) is 0.170. The van der Waals surface area contributed by atoms with E-state index in [9.17, 15) is 9.59 Å². The molecular weight excluding hydrogens is 288 g/mol. The van der Waals surface area contributed by atoms with Crippen LogP contribution >= 0.6 is 11.8 Å². The zero-order chi connectivity index (χ0) is 15.6. The maximum absolute atomic E-state index is 12.5. The monoisotopic (exact) mass is 310 g/mol. The van der Waals surface area contributed by atoms with Gasteiger partial charge in [-0.25, -0.2) is 4.79 Å². The Morgan fingerprint density at radius 3 is 2.52 bits per heavy atom. The van der Waals surface area contributed by atoms with E-state index < -0.39 is 5.97 Å². The first-order valence-electron chi connectivity index (χ1n) is 7.21. The maximum Gasteiger partial charge on any atom is 0.352 e. The number of nitrogens with one attached hydrogen (secondary N) is 2. The Bertz CT molecular complexity index is 553. The first-order chi connectivity index (χ1) is 9.95. The summed E-state index contributed by atoms with van der Waals surface area (Å²) >= 11 is 1.79. The van der Waals surface area contributed by atoms with Gasteiger partial charge >= 0.3 is 5.97 Å². The van der Waals surface area contributed by atoms with Gasteiger partial charge in [0.25, 0.3) is 5.91 Å². The van der Waals surface area contributed by atoms with Crippen LogP contribution in [-0.4, -0.2) is 39.5 Å². The SMILES string of the molecule is CSC1CCCCC1NC(=O)c1c(C)[nH]c(C(=O)O)c1C. The first kappa shape index (κ1) is 15.9. The van der Waals surface area contributed by atoms with E-state index >= 15 is 0 Å². The molecule has 2 atom stereocenters. The molecule has 1 saturated carbocycles. The summed E-state index contributed by atoms with van der Waals surface area (Å²) in [7, 11) is 0. The van der Waals surface area contributed by atoms with E-state index in [2.05, 4.69) is 16.6 Å². The number of aromatic nitrogens is 1. The van der Waals surface area contributed by atoms with Gasteiger partial charge in [-0.2, -0.15) is 11.8 Å². The van der Waals surface area contributed by atoms with E-state index in [-0.39, 0.29) is 17.6 Å². The van der Waals surface area contributed by atoms with Crippen molar-refractivity contribution < 1.29 is 14.7 Å². The van der Waals surface area contributed by atoms with Gasteiger partial charge in [0.05, 0.1) is 5.56 Å². The molecule has 1 aliphatic rings. The predicted molar refractivity (Wildman–Crippen MR) is 84.3 cm³/mol. The quantitative estimate of drug-likeness (QED) is 0.798. The van der Waals surface area contributed by atoms with Crippen molar-refractivity contribution in [3.05, 3.63) is 22.5 Å². The number of carboxylic acid groups (broad SMARTS) is 1. The highest BCUT2D eigenvalue weighted by molar-refractivity contribution is 7.99. The van der Waals surface area contributed by atoms with Crippen molar-refractivity contribution in [3.8, 4) is 0 Å². The van der Waals surface area contributed by atoms with Gasteiger partial charge in [0.1, 0.15) is 5.69 Å². The van der Waals surface area contributed by atoms with Crippen molar-refractivity contribution in [2.24, 2.45) is 0 Å². The van der Waals surface area contributed by atoms with Gasteiger partial charge in [-0.3, -0.25) is 4.79 Å². The fourth-order valence-electron chi connectivity index (χ4n) is 3.09. The van der Waals surface area contributed by atoms with Crippen molar-refractivity contribution in [1.82, 2.24) is 10.3 Å². The number of thioether (sulfide) groups is 1. The predicted octanol–water partition coefficient (Wildman–Crippen LogP) is 2.73. The van der Waals surface area contributed by atoms with E-state index in [4.69, 9.17) is 5.11 Å². The summed E-state index contributed by atoms with van der Waals surface area (Å²) in [4.78, 5) is 26.4. The molecule has 3 N–H and O–H groups in total. The topological polar surface area (TPSA) is 82.2 Å². The molecule has 2 rings (SSSR count). The average Bonchev–Trinajstić information content (AvgIpc) is 2.74. The summed E-state index contributed by atoms with van der Waals surface area (Å²) < 4.78 is 0. The van der Waals surface area contributed by atoms with Gasteiger partial charge in [-0.15, -0.1) is 0 Å². The average molecular weight is 310 g/mol. The Kier molecular flexibility index (Phi) is 4.98. The lowest BCUT2D eigenvalue weighted by Crippen LogP contribution is -2.43. The van der Waals surface area contributed by atoms with Crippen molar-refractivity contribution in [3.63, 3.8) is 0 Å². The van der Waals surface area contributed by atoms with E-state index in [0.29, 0.717) is 22.1 Å². The molecule has 1 heterocycles. The van der Waals surface area contributed by atoms with Gasteiger partial charge < -0.3 is 15.4 Å². The Morgan fingerprint density at radius 1 is 1.29 bits per heavy atom. The second-order valence-corrected chi connectivity index (χ2v) is 6.65. The molecule has 1 aromatic heterocycles. The number of carbonyl (C=O) groups excluding carboxylic acids is 1. The molecule has 1 fully saturated rings. The molecule has 0 radical (unpaired) electrons. The van der Waals surface area contributed by atoms with Gasteiger partial charge in [0, 0.05) is 17.0 Å². The van der Waals surface area contributed by atoms with Crippen molar-refractivity contribution in [1.29, 1.82) is 0 Å². The summed E-state index contributed by atoms with van der Waals surface area (Å²) in [6.45, 7) is 3.41. The molecule has 5 nitrogen and oxygen atoms in total. The second kappa shape index (κ2) is 6.56. The smallest absolute Gasteiger partial charge is 0.352 e. The number of carboxylic acids is 1. The highest BCUT2D eigenvalue weighted by Gasteiger charge is 2.28. The van der Waals surface area contributed by atoms with Crippen LogP contribution in [0.25, 0.3) is 0 Å². The molecule has 0 aliphatic heterocycles. The molecule has 116 valence electrons. The molecule has 21 heavy (non-hydrogen) atoms. The minimum Gasteiger partial charge on any atom is -0.477 e. The molecule has 1 amide bonds. The number of amides is 1. The molecule has 0 aromatic carbocycles. The van der Waals surface area contributed by atoms with Crippen LogP contribution in [0.4, 0.5) is 0 Å². The van der Waals surface area contributed by atoms with Crippen LogP contribution in [0.5, 0.6) is 0 Å². The fraction of sp³-hybridized carbons (Fsp3) is 0.600. The highest BCUT2D eigenvalue weighted by Crippen LogP contribution is 2.28. The lowest BCUT2D eigenvalue weighted by Gasteiger charge is -2.31. The number of H-pyrrole nitrogens is 1. The van der Waals surface area contributed by atoms with Gasteiger partial charge in [0.15, 0.2) is 0 Å².